The Morgan fingerprint density at radius 2 is 1.88 bits per heavy atom. The number of carbonyl (C=O) groups excluding carboxylic acids is 1. The third-order valence-corrected chi connectivity index (χ3v) is 4.08. The van der Waals surface area contributed by atoms with E-state index in [9.17, 15) is 4.79 Å². The summed E-state index contributed by atoms with van der Waals surface area (Å²) in [6, 6.07) is 5.26. The lowest BCUT2D eigenvalue weighted by molar-refractivity contribution is 0.0524. The van der Waals surface area contributed by atoms with Gasteiger partial charge in [0.05, 0.1) is 30.3 Å². The van der Waals surface area contributed by atoms with E-state index in [1.165, 1.54) is 6.20 Å². The molecule has 124 valence electrons. The van der Waals surface area contributed by atoms with Crippen molar-refractivity contribution in [2.24, 2.45) is 0 Å². The number of rotatable bonds is 4. The zero-order valence-corrected chi connectivity index (χ0v) is 14.7. The van der Waals surface area contributed by atoms with Crippen molar-refractivity contribution >= 4 is 34.8 Å². The van der Waals surface area contributed by atoms with E-state index < -0.39 is 0 Å². The quantitative estimate of drug-likeness (QED) is 0.642. The standard InChI is InChI=1S/C17H15Cl2N3O2/c1-3-13-14(17(23)24-4-2)8-21-22-15(9-20-16(13)22)10-5-11(18)7-12(19)6-10/h5-9H,3-4H2,1-2H3. The summed E-state index contributed by atoms with van der Waals surface area (Å²) in [7, 11) is 0. The molecule has 0 spiro atoms. The fourth-order valence-corrected chi connectivity index (χ4v) is 3.14. The topological polar surface area (TPSA) is 56.5 Å². The molecule has 0 aliphatic carbocycles. The highest BCUT2D eigenvalue weighted by Crippen LogP contribution is 2.28. The fraction of sp³-hybridized carbons (Fsp3) is 0.235. The maximum atomic E-state index is 12.1. The van der Waals surface area contributed by atoms with Crippen LogP contribution in [0, 0.1) is 0 Å². The highest BCUT2D eigenvalue weighted by atomic mass is 35.5. The van der Waals surface area contributed by atoms with Gasteiger partial charge in [0.1, 0.15) is 0 Å². The first-order valence-electron chi connectivity index (χ1n) is 7.54. The molecule has 0 aliphatic heterocycles. The van der Waals surface area contributed by atoms with Gasteiger partial charge < -0.3 is 4.74 Å². The van der Waals surface area contributed by atoms with Crippen LogP contribution < -0.4 is 0 Å². The molecule has 0 atom stereocenters. The molecule has 5 nitrogen and oxygen atoms in total. The molecule has 0 fully saturated rings. The van der Waals surface area contributed by atoms with Crippen LogP contribution in [-0.2, 0) is 11.2 Å². The van der Waals surface area contributed by atoms with E-state index in [2.05, 4.69) is 10.1 Å². The van der Waals surface area contributed by atoms with E-state index in [0.29, 0.717) is 34.3 Å². The molecule has 0 aliphatic rings. The van der Waals surface area contributed by atoms with Crippen molar-refractivity contribution in [3.05, 3.63) is 51.8 Å². The van der Waals surface area contributed by atoms with E-state index in [1.807, 2.05) is 6.92 Å². The predicted molar refractivity (Wildman–Crippen MR) is 93.8 cm³/mol. The van der Waals surface area contributed by atoms with Crippen LogP contribution in [0.5, 0.6) is 0 Å². The van der Waals surface area contributed by atoms with Crippen molar-refractivity contribution < 1.29 is 9.53 Å². The van der Waals surface area contributed by atoms with Gasteiger partial charge in [0, 0.05) is 21.2 Å². The molecule has 0 unspecified atom stereocenters. The van der Waals surface area contributed by atoms with E-state index in [1.54, 1.807) is 35.8 Å². The second-order valence-electron chi connectivity index (χ2n) is 5.15. The van der Waals surface area contributed by atoms with Crippen molar-refractivity contribution in [2.45, 2.75) is 20.3 Å². The molecule has 24 heavy (non-hydrogen) atoms. The molecular weight excluding hydrogens is 349 g/mol. The molecule has 0 amide bonds. The SMILES string of the molecule is CCOC(=O)c1cnn2c(-c3cc(Cl)cc(Cl)c3)cnc2c1CC. The Bertz CT molecular complexity index is 901. The summed E-state index contributed by atoms with van der Waals surface area (Å²) in [6.45, 7) is 4.04. The highest BCUT2D eigenvalue weighted by molar-refractivity contribution is 6.35. The molecule has 0 saturated heterocycles. The van der Waals surface area contributed by atoms with Gasteiger partial charge >= 0.3 is 5.97 Å². The van der Waals surface area contributed by atoms with E-state index in [0.717, 1.165) is 16.8 Å². The lowest BCUT2D eigenvalue weighted by Crippen LogP contribution is -2.11. The first-order valence-corrected chi connectivity index (χ1v) is 8.30. The first kappa shape index (κ1) is 16.7. The van der Waals surface area contributed by atoms with Crippen molar-refractivity contribution in [1.82, 2.24) is 14.6 Å². The Balaban J connectivity index is 2.18. The van der Waals surface area contributed by atoms with Gasteiger partial charge in [-0.25, -0.2) is 14.3 Å². The van der Waals surface area contributed by atoms with Gasteiger partial charge in [0.25, 0.3) is 0 Å². The number of imidazole rings is 1. The number of benzene rings is 1. The lowest BCUT2D eigenvalue weighted by Gasteiger charge is -2.09. The molecule has 7 heteroatoms. The average molecular weight is 364 g/mol. The Hall–Kier alpha value is -2.11. The monoisotopic (exact) mass is 363 g/mol. The number of carbonyl (C=O) groups is 1. The van der Waals surface area contributed by atoms with Gasteiger partial charge in [-0.05, 0) is 31.5 Å². The second-order valence-corrected chi connectivity index (χ2v) is 6.02. The molecule has 0 saturated carbocycles. The first-order chi connectivity index (χ1) is 11.5. The van der Waals surface area contributed by atoms with Crippen LogP contribution >= 0.6 is 23.2 Å². The summed E-state index contributed by atoms with van der Waals surface area (Å²) in [4.78, 5) is 16.5. The van der Waals surface area contributed by atoms with E-state index in [4.69, 9.17) is 27.9 Å². The molecule has 3 aromatic rings. The Morgan fingerprint density at radius 3 is 2.50 bits per heavy atom. The summed E-state index contributed by atoms with van der Waals surface area (Å²) in [5, 5.41) is 5.42. The number of nitrogens with zero attached hydrogens (tertiary/aromatic N) is 3. The van der Waals surface area contributed by atoms with Crippen LogP contribution in [0.3, 0.4) is 0 Å². The Morgan fingerprint density at radius 1 is 1.17 bits per heavy atom. The maximum Gasteiger partial charge on any atom is 0.340 e. The van der Waals surface area contributed by atoms with E-state index in [-0.39, 0.29) is 5.97 Å². The van der Waals surface area contributed by atoms with Gasteiger partial charge in [0.15, 0.2) is 5.65 Å². The third kappa shape index (κ3) is 2.97. The van der Waals surface area contributed by atoms with Gasteiger partial charge in [0.2, 0.25) is 0 Å². The summed E-state index contributed by atoms with van der Waals surface area (Å²) in [6.07, 6.45) is 3.84. The second kappa shape index (κ2) is 6.79. The molecule has 3 rings (SSSR count). The number of hydrogen-bond donors (Lipinski definition) is 0. The normalized spacial score (nSPS) is 11.0. The van der Waals surface area contributed by atoms with Crippen LogP contribution in [0.15, 0.2) is 30.6 Å². The minimum atomic E-state index is -0.389. The number of aryl methyl sites for hydroxylation is 1. The van der Waals surface area contributed by atoms with Crippen LogP contribution in [-0.4, -0.2) is 27.2 Å². The van der Waals surface area contributed by atoms with Crippen LogP contribution in [0.2, 0.25) is 10.0 Å². The minimum absolute atomic E-state index is 0.313. The van der Waals surface area contributed by atoms with Crippen LogP contribution in [0.1, 0.15) is 29.8 Å². The van der Waals surface area contributed by atoms with Crippen molar-refractivity contribution in [2.75, 3.05) is 6.61 Å². The third-order valence-electron chi connectivity index (χ3n) is 3.64. The minimum Gasteiger partial charge on any atom is -0.462 e. The number of halogens is 2. The number of aromatic nitrogens is 3. The number of fused-ring (bicyclic) bond motifs is 1. The number of ether oxygens (including phenoxy) is 1. The summed E-state index contributed by atoms with van der Waals surface area (Å²) in [5.74, 6) is -0.389. The molecule has 0 N–H and O–H groups in total. The van der Waals surface area contributed by atoms with Crippen LogP contribution in [0.4, 0.5) is 0 Å². The van der Waals surface area contributed by atoms with Crippen molar-refractivity contribution in [3.8, 4) is 11.3 Å². The maximum absolute atomic E-state index is 12.1. The molecule has 0 radical (unpaired) electrons. The largest absolute Gasteiger partial charge is 0.462 e. The summed E-state index contributed by atoms with van der Waals surface area (Å²) < 4.78 is 6.78. The average Bonchev–Trinajstić information content (AvgIpc) is 2.97. The molecule has 0 bridgehead atoms. The zero-order chi connectivity index (χ0) is 17.3. The molecule has 1 aromatic carbocycles. The Kier molecular flexibility index (Phi) is 4.73. The van der Waals surface area contributed by atoms with Gasteiger partial charge in [-0.15, -0.1) is 0 Å². The molecule has 2 heterocycles. The fourth-order valence-electron chi connectivity index (χ4n) is 2.61. The van der Waals surface area contributed by atoms with Crippen molar-refractivity contribution in [1.29, 1.82) is 0 Å². The summed E-state index contributed by atoms with van der Waals surface area (Å²) in [5.41, 5.74) is 3.41. The van der Waals surface area contributed by atoms with Crippen LogP contribution in [0.25, 0.3) is 16.9 Å². The summed E-state index contributed by atoms with van der Waals surface area (Å²) >= 11 is 12.2. The number of hydrogen-bond acceptors (Lipinski definition) is 4. The number of esters is 1. The van der Waals surface area contributed by atoms with E-state index >= 15 is 0 Å². The Labute approximate surface area is 149 Å². The highest BCUT2D eigenvalue weighted by Gasteiger charge is 2.19. The van der Waals surface area contributed by atoms with Gasteiger partial charge in [-0.3, -0.25) is 0 Å². The lowest BCUT2D eigenvalue weighted by atomic mass is 10.1. The van der Waals surface area contributed by atoms with Gasteiger partial charge in [-0.2, -0.15) is 5.10 Å². The zero-order valence-electron chi connectivity index (χ0n) is 13.2. The molecule has 2 aromatic heterocycles. The smallest absolute Gasteiger partial charge is 0.340 e. The predicted octanol–water partition coefficient (Wildman–Crippen LogP) is 4.44. The van der Waals surface area contributed by atoms with Gasteiger partial charge in [-0.1, -0.05) is 30.1 Å². The van der Waals surface area contributed by atoms with Crippen molar-refractivity contribution in [3.63, 3.8) is 0 Å². The molecular formula is C17H15Cl2N3O2.